The lowest BCUT2D eigenvalue weighted by atomic mass is 9.87. The second-order valence-electron chi connectivity index (χ2n) is 6.36. The van der Waals surface area contributed by atoms with E-state index in [1.165, 1.54) is 12.5 Å². The molecule has 1 N–H and O–H groups in total. The van der Waals surface area contributed by atoms with E-state index in [4.69, 9.17) is 4.74 Å². The number of amides is 1. The molecule has 0 saturated heterocycles. The van der Waals surface area contributed by atoms with Crippen LogP contribution in [0.25, 0.3) is 0 Å². The first-order valence-corrected chi connectivity index (χ1v) is 8.49. The number of nitrogens with one attached hydrogen (secondary N) is 1. The molecule has 0 fully saturated rings. The topological polar surface area (TPSA) is 55.4 Å². The summed E-state index contributed by atoms with van der Waals surface area (Å²) in [6.45, 7) is 1.43. The Bertz CT molecular complexity index is 817. The van der Waals surface area contributed by atoms with Crippen LogP contribution in [0.15, 0.2) is 42.5 Å². The molecule has 26 heavy (non-hydrogen) atoms. The van der Waals surface area contributed by atoms with Crippen LogP contribution in [0.1, 0.15) is 47.3 Å². The normalized spacial score (nSPS) is 17.1. The molecule has 0 unspecified atom stereocenters. The Kier molecular flexibility index (Phi) is 5.30. The Morgan fingerprint density at radius 1 is 1.15 bits per heavy atom. The van der Waals surface area contributed by atoms with Crippen LogP contribution in [-0.2, 0) is 16.0 Å². The monoisotopic (exact) mass is 359 g/mol. The maximum absolute atomic E-state index is 13.2. The Hall–Kier alpha value is -2.76. The van der Waals surface area contributed by atoms with Crippen LogP contribution in [0, 0.1) is 11.6 Å². The summed E-state index contributed by atoms with van der Waals surface area (Å²) >= 11 is 0. The fraction of sp³-hybridized carbons (Fsp3) is 0.300. The first kappa shape index (κ1) is 18.0. The molecule has 1 aliphatic carbocycles. The highest BCUT2D eigenvalue weighted by Gasteiger charge is 2.25. The average molecular weight is 359 g/mol. The van der Waals surface area contributed by atoms with Gasteiger partial charge in [0, 0.05) is 6.07 Å². The first-order chi connectivity index (χ1) is 12.4. The minimum atomic E-state index is -1.08. The fourth-order valence-electron chi connectivity index (χ4n) is 3.15. The summed E-state index contributed by atoms with van der Waals surface area (Å²) in [5.41, 5.74) is 1.99. The van der Waals surface area contributed by atoms with Crippen LogP contribution in [0.2, 0.25) is 0 Å². The zero-order valence-corrected chi connectivity index (χ0v) is 14.3. The lowest BCUT2D eigenvalue weighted by Gasteiger charge is -2.27. The molecular formula is C20H19F2NO3. The summed E-state index contributed by atoms with van der Waals surface area (Å²) in [7, 11) is 0. The van der Waals surface area contributed by atoms with Crippen LogP contribution in [0.3, 0.4) is 0 Å². The number of fused-ring (bicyclic) bond motifs is 1. The second kappa shape index (κ2) is 7.64. The van der Waals surface area contributed by atoms with E-state index in [1.54, 1.807) is 0 Å². The SMILES string of the molecule is C[C@@H](OC(=O)c1cc(F)cc(F)c1)C(=O)N[C@@H]1CCCc2ccccc21. The van der Waals surface area contributed by atoms with Crippen molar-refractivity contribution in [3.8, 4) is 0 Å². The third-order valence-corrected chi connectivity index (χ3v) is 4.44. The number of aryl methyl sites for hydroxylation is 1. The van der Waals surface area contributed by atoms with Crippen molar-refractivity contribution in [2.45, 2.75) is 38.3 Å². The van der Waals surface area contributed by atoms with Gasteiger partial charge in [-0.05, 0) is 49.4 Å². The molecule has 0 radical (unpaired) electrons. The van der Waals surface area contributed by atoms with Gasteiger partial charge in [0.25, 0.3) is 5.91 Å². The maximum Gasteiger partial charge on any atom is 0.339 e. The molecule has 4 nitrogen and oxygen atoms in total. The number of carbonyl (C=O) groups excluding carboxylic acids is 2. The molecule has 3 rings (SSSR count). The summed E-state index contributed by atoms with van der Waals surface area (Å²) in [4.78, 5) is 24.4. The molecule has 0 aliphatic heterocycles. The van der Waals surface area contributed by atoms with Gasteiger partial charge in [0.1, 0.15) is 11.6 Å². The minimum absolute atomic E-state index is 0.139. The van der Waals surface area contributed by atoms with Gasteiger partial charge < -0.3 is 10.1 Å². The molecule has 2 aromatic carbocycles. The Morgan fingerprint density at radius 3 is 2.58 bits per heavy atom. The molecule has 136 valence electrons. The lowest BCUT2D eigenvalue weighted by Crippen LogP contribution is -2.39. The van der Waals surface area contributed by atoms with Gasteiger partial charge in [-0.3, -0.25) is 4.79 Å². The molecule has 0 spiro atoms. The zero-order chi connectivity index (χ0) is 18.7. The standard InChI is InChI=1S/C20H19F2NO3/c1-12(26-20(25)14-9-15(21)11-16(22)10-14)19(24)23-18-8-4-6-13-5-2-3-7-17(13)18/h2-3,5,7,9-12,18H,4,6,8H2,1H3,(H,23,24)/t12-,18-/m1/s1. The average Bonchev–Trinajstić information content (AvgIpc) is 2.61. The van der Waals surface area contributed by atoms with Crippen LogP contribution in [0.5, 0.6) is 0 Å². The number of benzene rings is 2. The Morgan fingerprint density at radius 2 is 1.85 bits per heavy atom. The first-order valence-electron chi connectivity index (χ1n) is 8.49. The number of halogens is 2. The van der Waals surface area contributed by atoms with Gasteiger partial charge in [-0.15, -0.1) is 0 Å². The van der Waals surface area contributed by atoms with E-state index < -0.39 is 29.6 Å². The predicted octanol–water partition coefficient (Wildman–Crippen LogP) is 3.70. The van der Waals surface area contributed by atoms with Crippen LogP contribution in [0.4, 0.5) is 8.78 Å². The number of rotatable bonds is 4. The number of esters is 1. The molecule has 0 heterocycles. The van der Waals surface area contributed by atoms with Gasteiger partial charge in [-0.25, -0.2) is 13.6 Å². The van der Waals surface area contributed by atoms with E-state index in [1.807, 2.05) is 24.3 Å². The second-order valence-corrected chi connectivity index (χ2v) is 6.36. The third-order valence-electron chi connectivity index (χ3n) is 4.44. The number of carbonyl (C=O) groups is 2. The van der Waals surface area contributed by atoms with E-state index >= 15 is 0 Å². The number of hydrogen-bond donors (Lipinski definition) is 1. The van der Waals surface area contributed by atoms with Gasteiger partial charge in [0.15, 0.2) is 6.10 Å². The highest BCUT2D eigenvalue weighted by Crippen LogP contribution is 2.29. The van der Waals surface area contributed by atoms with Crippen molar-refractivity contribution in [1.29, 1.82) is 0 Å². The maximum atomic E-state index is 13.2. The van der Waals surface area contributed by atoms with Gasteiger partial charge >= 0.3 is 5.97 Å². The number of hydrogen-bond acceptors (Lipinski definition) is 3. The third kappa shape index (κ3) is 4.07. The molecule has 0 bridgehead atoms. The highest BCUT2D eigenvalue weighted by molar-refractivity contribution is 5.92. The van der Waals surface area contributed by atoms with Crippen molar-refractivity contribution in [1.82, 2.24) is 5.32 Å². The van der Waals surface area contributed by atoms with Crippen molar-refractivity contribution in [3.05, 3.63) is 70.8 Å². The molecule has 2 aromatic rings. The van der Waals surface area contributed by atoms with E-state index in [0.717, 1.165) is 37.0 Å². The quantitative estimate of drug-likeness (QED) is 0.847. The van der Waals surface area contributed by atoms with Crippen molar-refractivity contribution < 1.29 is 23.1 Å². The van der Waals surface area contributed by atoms with Gasteiger partial charge in [0.05, 0.1) is 11.6 Å². The van der Waals surface area contributed by atoms with Crippen molar-refractivity contribution in [2.24, 2.45) is 0 Å². The van der Waals surface area contributed by atoms with E-state index in [9.17, 15) is 18.4 Å². The van der Waals surface area contributed by atoms with Gasteiger partial charge in [0.2, 0.25) is 0 Å². The molecule has 1 aliphatic rings. The largest absolute Gasteiger partial charge is 0.449 e. The smallest absolute Gasteiger partial charge is 0.339 e. The Balaban J connectivity index is 1.64. The van der Waals surface area contributed by atoms with Gasteiger partial charge in [-0.1, -0.05) is 24.3 Å². The van der Waals surface area contributed by atoms with E-state index in [-0.39, 0.29) is 11.6 Å². The molecule has 0 aromatic heterocycles. The van der Waals surface area contributed by atoms with Crippen LogP contribution in [-0.4, -0.2) is 18.0 Å². The zero-order valence-electron chi connectivity index (χ0n) is 14.3. The molecular weight excluding hydrogens is 340 g/mol. The summed E-state index contributed by atoms with van der Waals surface area (Å²) in [5, 5.41) is 2.89. The molecule has 6 heteroatoms. The van der Waals surface area contributed by atoms with Gasteiger partial charge in [-0.2, -0.15) is 0 Å². The minimum Gasteiger partial charge on any atom is -0.449 e. The van der Waals surface area contributed by atoms with Crippen molar-refractivity contribution in [2.75, 3.05) is 0 Å². The van der Waals surface area contributed by atoms with Crippen molar-refractivity contribution in [3.63, 3.8) is 0 Å². The van der Waals surface area contributed by atoms with E-state index in [0.29, 0.717) is 6.07 Å². The lowest BCUT2D eigenvalue weighted by molar-refractivity contribution is -0.130. The highest BCUT2D eigenvalue weighted by atomic mass is 19.1. The van der Waals surface area contributed by atoms with Crippen LogP contribution < -0.4 is 5.32 Å². The van der Waals surface area contributed by atoms with Crippen molar-refractivity contribution >= 4 is 11.9 Å². The summed E-state index contributed by atoms with van der Waals surface area (Å²) in [6.07, 6.45) is 1.65. The molecule has 0 saturated carbocycles. The summed E-state index contributed by atoms with van der Waals surface area (Å²) in [6, 6.07) is 10.2. The summed E-state index contributed by atoms with van der Waals surface area (Å²) in [5.74, 6) is -3.16. The predicted molar refractivity (Wildman–Crippen MR) is 91.5 cm³/mol. The Labute approximate surface area is 150 Å². The number of ether oxygens (including phenoxy) is 1. The summed E-state index contributed by atoms with van der Waals surface area (Å²) < 4.78 is 31.5. The van der Waals surface area contributed by atoms with E-state index in [2.05, 4.69) is 5.32 Å². The molecule has 2 atom stereocenters. The van der Waals surface area contributed by atoms with Crippen LogP contribution >= 0.6 is 0 Å². The fourth-order valence-corrected chi connectivity index (χ4v) is 3.15. The molecule has 1 amide bonds.